The molecule has 0 spiro atoms. The van der Waals surface area contributed by atoms with Crippen LogP contribution in [0, 0.1) is 11.8 Å². The van der Waals surface area contributed by atoms with Gasteiger partial charge >= 0.3 is 0 Å². The quantitative estimate of drug-likeness (QED) is 0.388. The maximum Gasteiger partial charge on any atom is 0.263 e. The number of nitrogens with zero attached hydrogens (tertiary/aromatic N) is 1. The number of sulfonamides is 1. The summed E-state index contributed by atoms with van der Waals surface area (Å²) in [4.78, 5) is 15.2. The number of methoxy groups -OCH3 is 2. The van der Waals surface area contributed by atoms with Gasteiger partial charge in [-0.3, -0.25) is 9.52 Å². The van der Waals surface area contributed by atoms with Crippen LogP contribution in [0.3, 0.4) is 0 Å². The smallest absolute Gasteiger partial charge is 0.263 e. The molecule has 2 N–H and O–H groups in total. The third-order valence-corrected chi connectivity index (χ3v) is 8.06. The number of nitrogens with one attached hydrogen (secondary N) is 2. The number of piperidine rings is 1. The van der Waals surface area contributed by atoms with Crippen LogP contribution in [0.5, 0.6) is 11.5 Å². The van der Waals surface area contributed by atoms with Crippen molar-refractivity contribution in [2.24, 2.45) is 11.8 Å². The largest absolute Gasteiger partial charge is 0.497 e. The average molecular weight is 538 g/mol. The standard InChI is InChI=1S/C29H35N3O5S/c1-20-14-21(2)19-32(18-20)29(33)23-10-13-27(30-17-22-8-11-25(36-3)12-9-22)28(15-23)38(34,35)31-24-6-5-7-26(16-24)37-4/h5-13,15-16,20-21,30-31H,14,17-19H2,1-4H3/t20-,21+. The Morgan fingerprint density at radius 2 is 1.61 bits per heavy atom. The Kier molecular flexibility index (Phi) is 8.46. The zero-order valence-corrected chi connectivity index (χ0v) is 23.0. The number of rotatable bonds is 9. The summed E-state index contributed by atoms with van der Waals surface area (Å²) in [5.74, 6) is 1.89. The number of amides is 1. The second kappa shape index (κ2) is 11.8. The summed E-state index contributed by atoms with van der Waals surface area (Å²) in [5, 5.41) is 3.23. The third-order valence-electron chi connectivity index (χ3n) is 6.64. The fraction of sp³-hybridized carbons (Fsp3) is 0.345. The van der Waals surface area contributed by atoms with Crippen molar-refractivity contribution in [1.82, 2.24) is 4.90 Å². The molecule has 0 bridgehead atoms. The summed E-state index contributed by atoms with van der Waals surface area (Å²) < 4.78 is 40.4. The highest BCUT2D eigenvalue weighted by atomic mass is 32.2. The monoisotopic (exact) mass is 537 g/mol. The van der Waals surface area contributed by atoms with E-state index in [1.807, 2.05) is 29.2 Å². The van der Waals surface area contributed by atoms with Gasteiger partial charge in [0, 0.05) is 31.3 Å². The van der Waals surface area contributed by atoms with Crippen LogP contribution < -0.4 is 19.5 Å². The fourth-order valence-corrected chi connectivity index (χ4v) is 6.13. The van der Waals surface area contributed by atoms with Crippen molar-refractivity contribution in [3.63, 3.8) is 0 Å². The first-order chi connectivity index (χ1) is 18.2. The van der Waals surface area contributed by atoms with Crippen molar-refractivity contribution in [3.05, 3.63) is 77.9 Å². The predicted octanol–water partition coefficient (Wildman–Crippen LogP) is 5.23. The van der Waals surface area contributed by atoms with Gasteiger partial charge in [0.1, 0.15) is 16.4 Å². The van der Waals surface area contributed by atoms with E-state index in [1.54, 1.807) is 43.5 Å². The Morgan fingerprint density at radius 3 is 2.26 bits per heavy atom. The van der Waals surface area contributed by atoms with E-state index >= 15 is 0 Å². The van der Waals surface area contributed by atoms with E-state index in [0.29, 0.717) is 54.2 Å². The van der Waals surface area contributed by atoms with Crippen molar-refractivity contribution in [3.8, 4) is 11.5 Å². The Bertz CT molecular complexity index is 1370. The lowest BCUT2D eigenvalue weighted by molar-refractivity contribution is 0.0623. The first-order valence-electron chi connectivity index (χ1n) is 12.7. The molecule has 1 heterocycles. The highest BCUT2D eigenvalue weighted by molar-refractivity contribution is 7.92. The number of hydrogen-bond acceptors (Lipinski definition) is 6. The van der Waals surface area contributed by atoms with Gasteiger partial charge in [-0.05, 0) is 66.3 Å². The second-order valence-electron chi connectivity index (χ2n) is 9.91. The molecule has 1 fully saturated rings. The van der Waals surface area contributed by atoms with Crippen molar-refractivity contribution in [1.29, 1.82) is 0 Å². The van der Waals surface area contributed by atoms with Crippen molar-refractivity contribution in [2.45, 2.75) is 31.7 Å². The van der Waals surface area contributed by atoms with Crippen LogP contribution in [-0.4, -0.2) is 46.5 Å². The molecule has 0 radical (unpaired) electrons. The summed E-state index contributed by atoms with van der Waals surface area (Å²) in [5.41, 5.74) is 2.05. The molecule has 3 aromatic rings. The van der Waals surface area contributed by atoms with Crippen LogP contribution in [-0.2, 0) is 16.6 Å². The van der Waals surface area contributed by atoms with E-state index in [0.717, 1.165) is 17.7 Å². The Hall–Kier alpha value is -3.72. The van der Waals surface area contributed by atoms with Crippen molar-refractivity contribution < 1.29 is 22.7 Å². The summed E-state index contributed by atoms with van der Waals surface area (Å²) in [7, 11) is -0.926. The van der Waals surface area contributed by atoms with E-state index in [-0.39, 0.29) is 10.8 Å². The van der Waals surface area contributed by atoms with Gasteiger partial charge in [0.2, 0.25) is 0 Å². The van der Waals surface area contributed by atoms with Crippen LogP contribution in [0.1, 0.15) is 36.2 Å². The van der Waals surface area contributed by atoms with Crippen LogP contribution in [0.25, 0.3) is 0 Å². The van der Waals surface area contributed by atoms with Gasteiger partial charge in [0.15, 0.2) is 0 Å². The first-order valence-corrected chi connectivity index (χ1v) is 14.1. The molecule has 0 aromatic heterocycles. The Balaban J connectivity index is 1.66. The van der Waals surface area contributed by atoms with Crippen LogP contribution in [0.15, 0.2) is 71.6 Å². The van der Waals surface area contributed by atoms with E-state index in [9.17, 15) is 13.2 Å². The second-order valence-corrected chi connectivity index (χ2v) is 11.6. The molecular formula is C29H35N3O5S. The molecule has 1 amide bonds. The number of likely N-dealkylation sites (tertiary alicyclic amines) is 1. The number of ether oxygens (including phenoxy) is 2. The van der Waals surface area contributed by atoms with E-state index in [2.05, 4.69) is 23.9 Å². The molecule has 1 aliphatic rings. The molecule has 38 heavy (non-hydrogen) atoms. The molecule has 1 saturated heterocycles. The van der Waals surface area contributed by atoms with Crippen LogP contribution >= 0.6 is 0 Å². The number of benzene rings is 3. The van der Waals surface area contributed by atoms with Gasteiger partial charge < -0.3 is 19.7 Å². The first kappa shape index (κ1) is 27.3. The maximum atomic E-state index is 13.6. The van der Waals surface area contributed by atoms with E-state index in [4.69, 9.17) is 9.47 Å². The minimum atomic E-state index is -4.05. The van der Waals surface area contributed by atoms with Gasteiger partial charge in [0.05, 0.1) is 25.6 Å². The number of anilines is 2. The summed E-state index contributed by atoms with van der Waals surface area (Å²) in [6.45, 7) is 5.97. The van der Waals surface area contributed by atoms with Crippen LogP contribution in [0.4, 0.5) is 11.4 Å². The molecule has 0 aliphatic carbocycles. The van der Waals surface area contributed by atoms with Gasteiger partial charge in [-0.15, -0.1) is 0 Å². The van der Waals surface area contributed by atoms with Gasteiger partial charge in [-0.25, -0.2) is 8.42 Å². The molecule has 1 aliphatic heterocycles. The summed E-state index contributed by atoms with van der Waals surface area (Å²) in [6.07, 6.45) is 1.07. The lowest BCUT2D eigenvalue weighted by Gasteiger charge is -2.35. The molecule has 202 valence electrons. The van der Waals surface area contributed by atoms with Crippen LogP contribution in [0.2, 0.25) is 0 Å². The highest BCUT2D eigenvalue weighted by Crippen LogP contribution is 2.29. The van der Waals surface area contributed by atoms with E-state index in [1.165, 1.54) is 13.2 Å². The maximum absolute atomic E-state index is 13.6. The van der Waals surface area contributed by atoms with Crippen molar-refractivity contribution >= 4 is 27.3 Å². The minimum absolute atomic E-state index is 0.00205. The van der Waals surface area contributed by atoms with Crippen molar-refractivity contribution in [2.75, 3.05) is 37.3 Å². The van der Waals surface area contributed by atoms with Gasteiger partial charge in [0.25, 0.3) is 15.9 Å². The summed E-state index contributed by atoms with van der Waals surface area (Å²) >= 11 is 0. The third kappa shape index (κ3) is 6.58. The Labute approximate surface area is 225 Å². The number of hydrogen-bond donors (Lipinski definition) is 2. The minimum Gasteiger partial charge on any atom is -0.497 e. The molecule has 2 atom stereocenters. The lowest BCUT2D eigenvalue weighted by atomic mass is 9.91. The molecule has 3 aromatic carbocycles. The van der Waals surface area contributed by atoms with Gasteiger partial charge in [-0.1, -0.05) is 32.0 Å². The average Bonchev–Trinajstić information content (AvgIpc) is 2.91. The molecule has 0 saturated carbocycles. The SMILES string of the molecule is COc1ccc(CNc2ccc(C(=O)N3C[C@H](C)C[C@H](C)C3)cc2S(=O)(=O)Nc2cccc(OC)c2)cc1. The zero-order valence-electron chi connectivity index (χ0n) is 22.2. The normalized spacial score (nSPS) is 17.5. The molecular weight excluding hydrogens is 502 g/mol. The molecule has 0 unspecified atom stereocenters. The topological polar surface area (TPSA) is 97.0 Å². The predicted molar refractivity (Wildman–Crippen MR) is 149 cm³/mol. The molecule has 9 heteroatoms. The number of carbonyl (C=O) groups excluding carboxylic acids is 1. The summed E-state index contributed by atoms with van der Waals surface area (Å²) in [6, 6.07) is 19.0. The highest BCUT2D eigenvalue weighted by Gasteiger charge is 2.28. The van der Waals surface area contributed by atoms with E-state index < -0.39 is 10.0 Å². The fourth-order valence-electron chi connectivity index (χ4n) is 4.87. The van der Waals surface area contributed by atoms with Gasteiger partial charge in [-0.2, -0.15) is 0 Å². The zero-order chi connectivity index (χ0) is 27.3. The number of carbonyl (C=O) groups is 1. The Morgan fingerprint density at radius 1 is 0.921 bits per heavy atom. The molecule has 8 nitrogen and oxygen atoms in total. The lowest BCUT2D eigenvalue weighted by Crippen LogP contribution is -2.42. The molecule has 4 rings (SSSR count).